The first-order valence-corrected chi connectivity index (χ1v) is 7.45. The molecule has 0 bridgehead atoms. The Morgan fingerprint density at radius 3 is 2.33 bits per heavy atom. The monoisotopic (exact) mass is 259 g/mol. The summed E-state index contributed by atoms with van der Waals surface area (Å²) in [5.41, 5.74) is 9.92. The number of nitrogens with two attached hydrogens (primary N) is 1. The third-order valence-corrected chi connectivity index (χ3v) is 4.67. The number of nitrogen functional groups attached to an aromatic ring is 1. The number of hydrogen-bond acceptors (Lipinski definition) is 2. The Balaban J connectivity index is 2.31. The Kier molecular flexibility index (Phi) is 4.07. The van der Waals surface area contributed by atoms with E-state index >= 15 is 0 Å². The molecule has 0 radical (unpaired) electrons. The van der Waals surface area contributed by atoms with Crippen molar-refractivity contribution in [1.29, 1.82) is 0 Å². The first-order chi connectivity index (χ1) is 8.65. The fourth-order valence-corrected chi connectivity index (χ4v) is 2.97. The van der Waals surface area contributed by atoms with E-state index in [1.54, 1.807) is 11.3 Å². The molecule has 2 aromatic rings. The molecule has 1 nitrogen and oxygen atoms in total. The zero-order valence-electron chi connectivity index (χ0n) is 11.4. The Morgan fingerprint density at radius 1 is 1.17 bits per heavy atom. The summed E-state index contributed by atoms with van der Waals surface area (Å²) in [5.74, 6) is 0.630. The van der Waals surface area contributed by atoms with Gasteiger partial charge in [0.25, 0.3) is 0 Å². The second-order valence-electron chi connectivity index (χ2n) is 4.78. The van der Waals surface area contributed by atoms with Gasteiger partial charge in [-0.2, -0.15) is 0 Å². The first kappa shape index (κ1) is 13.2. The summed E-state index contributed by atoms with van der Waals surface area (Å²) in [5, 5.41) is 0.933. The molecular weight excluding hydrogens is 238 g/mol. The summed E-state index contributed by atoms with van der Waals surface area (Å²) < 4.78 is 0. The van der Waals surface area contributed by atoms with Crippen LogP contribution in [0.5, 0.6) is 0 Å². The molecule has 0 spiro atoms. The number of thiophene rings is 1. The predicted octanol–water partition coefficient (Wildman–Crippen LogP) is 5.07. The molecule has 1 aromatic carbocycles. The van der Waals surface area contributed by atoms with Crippen LogP contribution in [0.25, 0.3) is 11.1 Å². The average molecular weight is 259 g/mol. The van der Waals surface area contributed by atoms with Crippen LogP contribution in [-0.4, -0.2) is 0 Å². The fourth-order valence-electron chi connectivity index (χ4n) is 2.08. The second kappa shape index (κ2) is 5.57. The van der Waals surface area contributed by atoms with E-state index in [1.807, 2.05) is 0 Å². The summed E-state index contributed by atoms with van der Waals surface area (Å²) >= 11 is 1.70. The third kappa shape index (κ3) is 2.59. The van der Waals surface area contributed by atoms with E-state index in [9.17, 15) is 0 Å². The van der Waals surface area contributed by atoms with Crippen LogP contribution in [0.15, 0.2) is 30.3 Å². The highest BCUT2D eigenvalue weighted by atomic mass is 32.1. The zero-order valence-corrected chi connectivity index (χ0v) is 12.2. The number of rotatable bonds is 4. The van der Waals surface area contributed by atoms with E-state index in [2.05, 4.69) is 51.1 Å². The molecule has 2 N–H and O–H groups in total. The molecule has 1 unspecified atom stereocenters. The Hall–Kier alpha value is -1.28. The van der Waals surface area contributed by atoms with E-state index < -0.39 is 0 Å². The molecule has 2 heteroatoms. The molecule has 0 saturated heterocycles. The molecule has 1 aromatic heterocycles. The molecule has 1 heterocycles. The summed E-state index contributed by atoms with van der Waals surface area (Å²) in [6.07, 6.45) is 2.24. The summed E-state index contributed by atoms with van der Waals surface area (Å²) in [4.78, 5) is 1.36. The van der Waals surface area contributed by atoms with Crippen molar-refractivity contribution in [1.82, 2.24) is 0 Å². The molecule has 96 valence electrons. The summed E-state index contributed by atoms with van der Waals surface area (Å²) in [7, 11) is 0. The minimum absolute atomic E-state index is 0.630. The first-order valence-electron chi connectivity index (χ1n) is 6.64. The van der Waals surface area contributed by atoms with Gasteiger partial charge in [-0.3, -0.25) is 0 Å². The van der Waals surface area contributed by atoms with E-state index in [-0.39, 0.29) is 0 Å². The van der Waals surface area contributed by atoms with Crippen molar-refractivity contribution in [3.8, 4) is 11.1 Å². The van der Waals surface area contributed by atoms with Crippen molar-refractivity contribution >= 4 is 16.3 Å². The molecule has 0 amide bonds. The van der Waals surface area contributed by atoms with Gasteiger partial charge in [-0.1, -0.05) is 45.0 Å². The summed E-state index contributed by atoms with van der Waals surface area (Å²) in [6, 6.07) is 11.1. The van der Waals surface area contributed by atoms with Crippen molar-refractivity contribution in [3.05, 3.63) is 40.8 Å². The van der Waals surface area contributed by atoms with Gasteiger partial charge in [0.2, 0.25) is 0 Å². The van der Waals surface area contributed by atoms with Crippen molar-refractivity contribution in [3.63, 3.8) is 0 Å². The quantitative estimate of drug-likeness (QED) is 0.814. The van der Waals surface area contributed by atoms with Crippen molar-refractivity contribution < 1.29 is 0 Å². The van der Waals surface area contributed by atoms with Gasteiger partial charge in [0.1, 0.15) is 0 Å². The molecule has 2 rings (SSSR count). The lowest BCUT2D eigenvalue weighted by Gasteiger charge is -2.09. The standard InChI is InChI=1S/C16H21NS/c1-4-11(3)12-6-8-13(9-7-12)15-10-14(5-2)18-16(15)17/h6-11H,4-5,17H2,1-3H3. The van der Waals surface area contributed by atoms with Crippen LogP contribution in [0.1, 0.15) is 43.6 Å². The highest BCUT2D eigenvalue weighted by molar-refractivity contribution is 7.16. The van der Waals surface area contributed by atoms with E-state index in [4.69, 9.17) is 5.73 Å². The lowest BCUT2D eigenvalue weighted by Crippen LogP contribution is -1.91. The largest absolute Gasteiger partial charge is 0.390 e. The van der Waals surface area contributed by atoms with Crippen LogP contribution in [-0.2, 0) is 6.42 Å². The maximum absolute atomic E-state index is 6.09. The van der Waals surface area contributed by atoms with Crippen molar-refractivity contribution in [2.24, 2.45) is 0 Å². The lowest BCUT2D eigenvalue weighted by molar-refractivity contribution is 0.734. The van der Waals surface area contributed by atoms with Crippen molar-refractivity contribution in [2.45, 2.75) is 39.5 Å². The van der Waals surface area contributed by atoms with E-state index in [1.165, 1.54) is 28.0 Å². The zero-order chi connectivity index (χ0) is 13.1. The predicted molar refractivity (Wildman–Crippen MR) is 82.3 cm³/mol. The number of benzene rings is 1. The van der Waals surface area contributed by atoms with Crippen LogP contribution in [0.2, 0.25) is 0 Å². The Bertz CT molecular complexity index is 510. The number of hydrogen-bond donors (Lipinski definition) is 1. The molecule has 1 atom stereocenters. The third-order valence-electron chi connectivity index (χ3n) is 3.56. The van der Waals surface area contributed by atoms with Crippen LogP contribution in [0.4, 0.5) is 5.00 Å². The van der Waals surface area contributed by atoms with Crippen molar-refractivity contribution in [2.75, 3.05) is 5.73 Å². The smallest absolute Gasteiger partial charge is 0.0938 e. The van der Waals surface area contributed by atoms with Gasteiger partial charge in [-0.25, -0.2) is 0 Å². The van der Waals surface area contributed by atoms with Gasteiger partial charge in [-0.05, 0) is 36.0 Å². The minimum atomic E-state index is 0.630. The number of anilines is 1. The lowest BCUT2D eigenvalue weighted by atomic mass is 9.96. The molecule has 0 aliphatic heterocycles. The molecule has 0 fully saturated rings. The Labute approximate surface area is 114 Å². The molecule has 0 saturated carbocycles. The van der Waals surface area contributed by atoms with E-state index in [0.29, 0.717) is 5.92 Å². The average Bonchev–Trinajstić information content (AvgIpc) is 2.79. The molecule has 18 heavy (non-hydrogen) atoms. The maximum atomic E-state index is 6.09. The van der Waals surface area contributed by atoms with Gasteiger partial charge in [-0.15, -0.1) is 11.3 Å². The minimum Gasteiger partial charge on any atom is -0.390 e. The van der Waals surface area contributed by atoms with Gasteiger partial charge in [0.15, 0.2) is 0 Å². The van der Waals surface area contributed by atoms with E-state index in [0.717, 1.165) is 11.4 Å². The molecule has 0 aliphatic rings. The van der Waals surface area contributed by atoms with Crippen LogP contribution in [0, 0.1) is 0 Å². The highest BCUT2D eigenvalue weighted by Crippen LogP contribution is 2.34. The maximum Gasteiger partial charge on any atom is 0.0938 e. The van der Waals surface area contributed by atoms with Crippen LogP contribution < -0.4 is 5.73 Å². The Morgan fingerprint density at radius 2 is 1.83 bits per heavy atom. The fraction of sp³-hybridized carbons (Fsp3) is 0.375. The van der Waals surface area contributed by atoms with Crippen LogP contribution >= 0.6 is 11.3 Å². The van der Waals surface area contributed by atoms with Gasteiger partial charge in [0.05, 0.1) is 5.00 Å². The highest BCUT2D eigenvalue weighted by Gasteiger charge is 2.08. The summed E-state index contributed by atoms with van der Waals surface area (Å²) in [6.45, 7) is 6.66. The number of aryl methyl sites for hydroxylation is 1. The normalized spacial score (nSPS) is 12.6. The van der Waals surface area contributed by atoms with Gasteiger partial charge < -0.3 is 5.73 Å². The van der Waals surface area contributed by atoms with Gasteiger partial charge in [0, 0.05) is 10.4 Å². The molecular formula is C16H21NS. The second-order valence-corrected chi connectivity index (χ2v) is 5.94. The van der Waals surface area contributed by atoms with Crippen LogP contribution in [0.3, 0.4) is 0 Å². The topological polar surface area (TPSA) is 26.0 Å². The van der Waals surface area contributed by atoms with Gasteiger partial charge >= 0.3 is 0 Å². The SMILES string of the molecule is CCc1cc(-c2ccc(C(C)CC)cc2)c(N)s1. The molecule has 0 aliphatic carbocycles.